The maximum Gasteiger partial charge on any atom is 0.410 e. The normalized spacial score (nSPS) is 18.7. The number of halogens is 1. The highest BCUT2D eigenvalue weighted by Gasteiger charge is 2.30. The van der Waals surface area contributed by atoms with Crippen LogP contribution >= 0.6 is 11.6 Å². The number of piperazine rings is 1. The molecule has 2 heterocycles. The molecule has 0 N–H and O–H groups in total. The fraction of sp³-hybridized carbons (Fsp3) is 0.529. The van der Waals surface area contributed by atoms with Crippen LogP contribution in [0.15, 0.2) is 18.7 Å². The van der Waals surface area contributed by atoms with Gasteiger partial charge < -0.3 is 14.5 Å². The summed E-state index contributed by atoms with van der Waals surface area (Å²) in [6.07, 6.45) is 1.41. The van der Waals surface area contributed by atoms with E-state index in [0.29, 0.717) is 24.7 Å². The van der Waals surface area contributed by atoms with Crippen molar-refractivity contribution in [2.24, 2.45) is 0 Å². The smallest absolute Gasteiger partial charge is 0.410 e. The molecular weight excluding hydrogens is 314 g/mol. The highest BCUT2D eigenvalue weighted by atomic mass is 35.5. The summed E-state index contributed by atoms with van der Waals surface area (Å²) in [5.41, 5.74) is 0.263. The molecule has 1 aliphatic rings. The second kappa shape index (κ2) is 6.79. The molecule has 1 aliphatic heterocycles. The number of anilines is 1. The largest absolute Gasteiger partial charge is 0.444 e. The van der Waals surface area contributed by atoms with E-state index in [-0.39, 0.29) is 12.1 Å². The van der Waals surface area contributed by atoms with Crippen molar-refractivity contribution in [3.8, 4) is 0 Å². The van der Waals surface area contributed by atoms with Gasteiger partial charge in [-0.25, -0.2) is 9.78 Å². The lowest BCUT2D eigenvalue weighted by molar-refractivity contribution is 0.0218. The van der Waals surface area contributed by atoms with Gasteiger partial charge in [0.25, 0.3) is 0 Å². The van der Waals surface area contributed by atoms with E-state index in [1.807, 2.05) is 26.8 Å². The lowest BCUT2D eigenvalue weighted by atomic mass is 10.2. The van der Waals surface area contributed by atoms with E-state index in [1.54, 1.807) is 17.0 Å². The van der Waals surface area contributed by atoms with Gasteiger partial charge in [0.05, 0.1) is 5.69 Å². The van der Waals surface area contributed by atoms with Gasteiger partial charge in [0, 0.05) is 30.7 Å². The summed E-state index contributed by atoms with van der Waals surface area (Å²) in [5, 5.41) is 0.631. The van der Waals surface area contributed by atoms with Gasteiger partial charge in [-0.05, 0) is 45.9 Å². The van der Waals surface area contributed by atoms with Crippen LogP contribution in [0.3, 0.4) is 0 Å². The first kappa shape index (κ1) is 17.6. The fourth-order valence-corrected chi connectivity index (χ4v) is 2.75. The molecule has 1 saturated heterocycles. The second-order valence-corrected chi connectivity index (χ2v) is 7.18. The number of hydrogen-bond acceptors (Lipinski definition) is 4. The Morgan fingerprint density at radius 1 is 1.43 bits per heavy atom. The third-order valence-corrected chi connectivity index (χ3v) is 3.80. The molecule has 0 saturated carbocycles. The Bertz CT molecular complexity index is 598. The quantitative estimate of drug-likeness (QED) is 0.823. The predicted molar refractivity (Wildman–Crippen MR) is 94.0 cm³/mol. The van der Waals surface area contributed by atoms with E-state index in [0.717, 1.165) is 11.5 Å². The summed E-state index contributed by atoms with van der Waals surface area (Å²) in [6, 6.07) is 3.74. The Hall–Kier alpha value is -1.75. The number of pyridine rings is 1. The van der Waals surface area contributed by atoms with Crippen LogP contribution in [0.5, 0.6) is 0 Å². The van der Waals surface area contributed by atoms with Gasteiger partial charge in [0.15, 0.2) is 0 Å². The van der Waals surface area contributed by atoms with Crippen molar-refractivity contribution in [3.05, 3.63) is 29.4 Å². The van der Waals surface area contributed by atoms with Crippen LogP contribution in [0, 0.1) is 0 Å². The van der Waals surface area contributed by atoms with Crippen molar-refractivity contribution < 1.29 is 9.53 Å². The van der Waals surface area contributed by atoms with Crippen LogP contribution in [0.2, 0.25) is 5.02 Å². The summed E-state index contributed by atoms with van der Waals surface area (Å²) < 4.78 is 5.44. The summed E-state index contributed by atoms with van der Waals surface area (Å²) >= 11 is 6.15. The standard InChI is InChI=1S/C17H24ClN3O2/c1-6-14-9-13(18)10-15(19-14)21-8-7-20(11-12(21)2)16(22)23-17(3,4)5/h6,9-10,12H,1,7-8,11H2,2-5H3. The van der Waals surface area contributed by atoms with Gasteiger partial charge in [-0.1, -0.05) is 18.2 Å². The molecule has 0 radical (unpaired) electrons. The lowest BCUT2D eigenvalue weighted by Gasteiger charge is -2.40. The minimum absolute atomic E-state index is 0.125. The van der Waals surface area contributed by atoms with Crippen LogP contribution in [-0.4, -0.2) is 47.3 Å². The zero-order chi connectivity index (χ0) is 17.2. The Balaban J connectivity index is 2.08. The summed E-state index contributed by atoms with van der Waals surface area (Å²) in [4.78, 5) is 20.6. The van der Waals surface area contributed by atoms with Crippen LogP contribution in [0.25, 0.3) is 6.08 Å². The van der Waals surface area contributed by atoms with E-state index in [4.69, 9.17) is 16.3 Å². The lowest BCUT2D eigenvalue weighted by Crippen LogP contribution is -2.54. The van der Waals surface area contributed by atoms with Gasteiger partial charge in [0.2, 0.25) is 0 Å². The summed E-state index contributed by atoms with van der Waals surface area (Å²) in [7, 11) is 0. The minimum atomic E-state index is -0.481. The molecule has 23 heavy (non-hydrogen) atoms. The number of nitrogens with zero attached hydrogens (tertiary/aromatic N) is 3. The van der Waals surface area contributed by atoms with Crippen molar-refractivity contribution in [1.82, 2.24) is 9.88 Å². The maximum absolute atomic E-state index is 12.2. The molecule has 1 unspecified atom stereocenters. The third-order valence-electron chi connectivity index (χ3n) is 3.58. The topological polar surface area (TPSA) is 45.7 Å². The molecule has 2 rings (SSSR count). The molecule has 0 aliphatic carbocycles. The molecule has 0 spiro atoms. The third kappa shape index (κ3) is 4.61. The molecule has 0 aromatic carbocycles. The first-order chi connectivity index (χ1) is 10.7. The average Bonchev–Trinajstić information content (AvgIpc) is 2.44. The van der Waals surface area contributed by atoms with Gasteiger partial charge in [-0.15, -0.1) is 0 Å². The van der Waals surface area contributed by atoms with Crippen LogP contribution in [0.4, 0.5) is 10.6 Å². The zero-order valence-electron chi connectivity index (χ0n) is 14.2. The fourth-order valence-electron chi connectivity index (χ4n) is 2.55. The second-order valence-electron chi connectivity index (χ2n) is 6.74. The highest BCUT2D eigenvalue weighted by Crippen LogP contribution is 2.24. The highest BCUT2D eigenvalue weighted by molar-refractivity contribution is 6.30. The number of aromatic nitrogens is 1. The Labute approximate surface area is 142 Å². The van der Waals surface area contributed by atoms with Crippen LogP contribution in [0.1, 0.15) is 33.4 Å². The molecule has 1 atom stereocenters. The molecule has 0 bridgehead atoms. The number of ether oxygens (including phenoxy) is 1. The molecule has 6 heteroatoms. The van der Waals surface area contributed by atoms with E-state index >= 15 is 0 Å². The van der Waals surface area contributed by atoms with Crippen molar-refractivity contribution in [2.75, 3.05) is 24.5 Å². The first-order valence-corrected chi connectivity index (χ1v) is 8.12. The van der Waals surface area contributed by atoms with Crippen molar-refractivity contribution in [1.29, 1.82) is 0 Å². The Morgan fingerprint density at radius 3 is 2.70 bits per heavy atom. The molecule has 5 nitrogen and oxygen atoms in total. The van der Waals surface area contributed by atoms with Crippen LogP contribution < -0.4 is 4.90 Å². The van der Waals surface area contributed by atoms with Gasteiger partial charge >= 0.3 is 6.09 Å². The zero-order valence-corrected chi connectivity index (χ0v) is 14.9. The predicted octanol–water partition coefficient (Wildman–Crippen LogP) is 3.82. The molecule has 1 amide bonds. The van der Waals surface area contributed by atoms with E-state index in [9.17, 15) is 4.79 Å². The number of carbonyl (C=O) groups is 1. The molecule has 126 valence electrons. The molecular formula is C17H24ClN3O2. The number of rotatable bonds is 2. The number of hydrogen-bond donors (Lipinski definition) is 0. The molecule has 1 aromatic heterocycles. The molecule has 1 fully saturated rings. The van der Waals surface area contributed by atoms with E-state index in [1.165, 1.54) is 0 Å². The van der Waals surface area contributed by atoms with Gasteiger partial charge in [0.1, 0.15) is 11.4 Å². The van der Waals surface area contributed by atoms with E-state index < -0.39 is 5.60 Å². The Morgan fingerprint density at radius 2 is 2.13 bits per heavy atom. The summed E-state index contributed by atoms with van der Waals surface area (Å²) in [5.74, 6) is 0.809. The minimum Gasteiger partial charge on any atom is -0.444 e. The monoisotopic (exact) mass is 337 g/mol. The number of carbonyl (C=O) groups excluding carboxylic acids is 1. The first-order valence-electron chi connectivity index (χ1n) is 7.74. The maximum atomic E-state index is 12.2. The van der Waals surface area contributed by atoms with Gasteiger partial charge in [-0.2, -0.15) is 0 Å². The summed E-state index contributed by atoms with van der Waals surface area (Å²) in [6.45, 7) is 13.3. The van der Waals surface area contributed by atoms with Crippen molar-refractivity contribution >= 4 is 29.6 Å². The SMILES string of the molecule is C=Cc1cc(Cl)cc(N2CCN(C(=O)OC(C)(C)C)CC2C)n1. The van der Waals surface area contributed by atoms with Crippen molar-refractivity contribution in [2.45, 2.75) is 39.3 Å². The van der Waals surface area contributed by atoms with E-state index in [2.05, 4.69) is 23.4 Å². The van der Waals surface area contributed by atoms with Gasteiger partial charge in [-0.3, -0.25) is 0 Å². The average molecular weight is 338 g/mol. The van der Waals surface area contributed by atoms with Crippen molar-refractivity contribution in [3.63, 3.8) is 0 Å². The molecule has 1 aromatic rings. The van der Waals surface area contributed by atoms with Crippen LogP contribution in [-0.2, 0) is 4.74 Å². The number of amides is 1. The Kier molecular flexibility index (Phi) is 5.19.